The molecule has 2 rings (SSSR count). The maximum Gasteiger partial charge on any atom is 0.129 e. The van der Waals surface area contributed by atoms with Crippen LogP contribution in [0.1, 0.15) is 46.5 Å². The minimum Gasteiger partial charge on any atom is -0.367 e. The van der Waals surface area contributed by atoms with Crippen molar-refractivity contribution in [1.29, 1.82) is 0 Å². The number of anilines is 1. The van der Waals surface area contributed by atoms with Crippen LogP contribution in [-0.4, -0.2) is 22.6 Å². The molecule has 1 heterocycles. The Balaban J connectivity index is 1.80. The van der Waals surface area contributed by atoms with E-state index in [1.165, 1.54) is 18.3 Å². The third-order valence-corrected chi connectivity index (χ3v) is 3.44. The number of halogens is 1. The van der Waals surface area contributed by atoms with Gasteiger partial charge in [-0.15, -0.1) is 0 Å². The van der Waals surface area contributed by atoms with E-state index >= 15 is 0 Å². The fraction of sp³-hybridized carbons (Fsp3) is 0.667. The van der Waals surface area contributed by atoms with E-state index in [2.05, 4.69) is 36.4 Å². The molecule has 0 saturated heterocycles. The zero-order chi connectivity index (χ0) is 13.9. The highest BCUT2D eigenvalue weighted by Crippen LogP contribution is 2.23. The fourth-order valence-electron chi connectivity index (χ4n) is 2.69. The third-order valence-electron chi connectivity index (χ3n) is 3.44. The molecule has 1 saturated carbocycles. The van der Waals surface area contributed by atoms with Gasteiger partial charge in [0, 0.05) is 29.9 Å². The van der Waals surface area contributed by atoms with Crippen molar-refractivity contribution in [3.8, 4) is 0 Å². The predicted molar refractivity (Wildman–Crippen MR) is 76.8 cm³/mol. The normalized spacial score (nSPS) is 24.2. The zero-order valence-corrected chi connectivity index (χ0v) is 12.0. The average molecular weight is 265 g/mol. The van der Waals surface area contributed by atoms with Crippen molar-refractivity contribution in [2.45, 2.75) is 64.1 Å². The maximum atomic E-state index is 13.1. The minimum absolute atomic E-state index is 0.176. The molecule has 0 radical (unpaired) electrons. The van der Waals surface area contributed by atoms with Gasteiger partial charge in [0.05, 0.1) is 0 Å². The van der Waals surface area contributed by atoms with E-state index in [0.717, 1.165) is 25.7 Å². The molecule has 0 unspecified atom stereocenters. The van der Waals surface area contributed by atoms with Gasteiger partial charge >= 0.3 is 0 Å². The van der Waals surface area contributed by atoms with Crippen LogP contribution in [0.3, 0.4) is 0 Å². The molecule has 0 aromatic carbocycles. The highest BCUT2D eigenvalue weighted by molar-refractivity contribution is 5.35. The summed E-state index contributed by atoms with van der Waals surface area (Å²) >= 11 is 0. The quantitative estimate of drug-likeness (QED) is 0.880. The van der Waals surface area contributed by atoms with Crippen LogP contribution < -0.4 is 10.6 Å². The van der Waals surface area contributed by atoms with Crippen molar-refractivity contribution in [1.82, 2.24) is 10.3 Å². The van der Waals surface area contributed by atoms with Crippen molar-refractivity contribution >= 4 is 5.82 Å². The molecule has 3 nitrogen and oxygen atoms in total. The first kappa shape index (κ1) is 14.3. The monoisotopic (exact) mass is 265 g/mol. The molecule has 0 atom stereocenters. The molecule has 2 N–H and O–H groups in total. The number of hydrogen-bond donors (Lipinski definition) is 2. The Labute approximate surface area is 115 Å². The van der Waals surface area contributed by atoms with Crippen molar-refractivity contribution in [3.63, 3.8) is 0 Å². The molecule has 4 heteroatoms. The average Bonchev–Trinajstić information content (AvgIpc) is 2.30. The number of pyridine rings is 1. The molecule has 106 valence electrons. The van der Waals surface area contributed by atoms with Gasteiger partial charge in [-0.1, -0.05) is 0 Å². The van der Waals surface area contributed by atoms with E-state index < -0.39 is 0 Å². The number of hydrogen-bond acceptors (Lipinski definition) is 3. The summed E-state index contributed by atoms with van der Waals surface area (Å²) in [6.45, 7) is 6.61. The Morgan fingerprint density at radius 1 is 1.16 bits per heavy atom. The lowest BCUT2D eigenvalue weighted by atomic mass is 9.89. The fourth-order valence-corrected chi connectivity index (χ4v) is 2.69. The summed E-state index contributed by atoms with van der Waals surface area (Å²) in [7, 11) is 0. The SMILES string of the molecule is CC(C)(C)NC1CCC(Nc2cc(F)ccn2)CC1. The van der Waals surface area contributed by atoms with Crippen LogP contribution in [0.4, 0.5) is 10.2 Å². The van der Waals surface area contributed by atoms with Gasteiger partial charge in [0.2, 0.25) is 0 Å². The minimum atomic E-state index is -0.236. The largest absolute Gasteiger partial charge is 0.367 e. The van der Waals surface area contributed by atoms with Crippen LogP contribution in [-0.2, 0) is 0 Å². The molecule has 0 aliphatic heterocycles. The molecule has 1 aromatic heterocycles. The maximum absolute atomic E-state index is 13.1. The van der Waals surface area contributed by atoms with Crippen LogP contribution in [0.2, 0.25) is 0 Å². The van der Waals surface area contributed by atoms with Gasteiger partial charge in [0.1, 0.15) is 11.6 Å². The Bertz CT molecular complexity index is 406. The lowest BCUT2D eigenvalue weighted by molar-refractivity contribution is 0.286. The molecule has 0 spiro atoms. The second-order valence-electron chi connectivity index (χ2n) is 6.45. The van der Waals surface area contributed by atoms with Crippen molar-refractivity contribution in [3.05, 3.63) is 24.1 Å². The Hall–Kier alpha value is -1.16. The number of rotatable bonds is 3. The van der Waals surface area contributed by atoms with Gasteiger partial charge in [-0.2, -0.15) is 0 Å². The molecule has 1 aliphatic rings. The number of nitrogens with zero attached hydrogens (tertiary/aromatic N) is 1. The Kier molecular flexibility index (Phi) is 4.40. The summed E-state index contributed by atoms with van der Waals surface area (Å²) in [6.07, 6.45) is 6.02. The second kappa shape index (κ2) is 5.87. The van der Waals surface area contributed by atoms with Gasteiger partial charge < -0.3 is 10.6 Å². The lowest BCUT2D eigenvalue weighted by Crippen LogP contribution is -2.46. The molecule has 19 heavy (non-hydrogen) atoms. The molecular formula is C15H24FN3. The first-order chi connectivity index (χ1) is 8.92. The lowest BCUT2D eigenvalue weighted by Gasteiger charge is -2.34. The summed E-state index contributed by atoms with van der Waals surface area (Å²) in [5, 5.41) is 6.97. The summed E-state index contributed by atoms with van der Waals surface area (Å²) in [4.78, 5) is 4.15. The highest BCUT2D eigenvalue weighted by Gasteiger charge is 2.24. The summed E-state index contributed by atoms with van der Waals surface area (Å²) in [5.41, 5.74) is 0.176. The van der Waals surface area contributed by atoms with Gasteiger partial charge in [0.15, 0.2) is 0 Å². The van der Waals surface area contributed by atoms with Gasteiger partial charge in [-0.05, 0) is 52.5 Å². The van der Waals surface area contributed by atoms with Gasteiger partial charge in [-0.25, -0.2) is 9.37 Å². The van der Waals surface area contributed by atoms with E-state index in [1.54, 1.807) is 0 Å². The topological polar surface area (TPSA) is 37.0 Å². The molecule has 1 fully saturated rings. The molecule has 0 amide bonds. The van der Waals surface area contributed by atoms with E-state index in [1.807, 2.05) is 0 Å². The molecule has 1 aromatic rings. The van der Waals surface area contributed by atoms with Crippen LogP contribution in [0.25, 0.3) is 0 Å². The molecule has 0 bridgehead atoms. The van der Waals surface area contributed by atoms with E-state index in [-0.39, 0.29) is 11.4 Å². The number of nitrogens with one attached hydrogen (secondary N) is 2. The van der Waals surface area contributed by atoms with Gasteiger partial charge in [-0.3, -0.25) is 0 Å². The van der Waals surface area contributed by atoms with E-state index in [9.17, 15) is 4.39 Å². The second-order valence-corrected chi connectivity index (χ2v) is 6.45. The summed E-state index contributed by atoms with van der Waals surface area (Å²) < 4.78 is 13.1. The molecule has 1 aliphatic carbocycles. The highest BCUT2D eigenvalue weighted by atomic mass is 19.1. The van der Waals surface area contributed by atoms with Crippen molar-refractivity contribution in [2.24, 2.45) is 0 Å². The Morgan fingerprint density at radius 2 is 1.79 bits per heavy atom. The van der Waals surface area contributed by atoms with E-state index in [4.69, 9.17) is 0 Å². The van der Waals surface area contributed by atoms with Crippen LogP contribution in [0.15, 0.2) is 18.3 Å². The molecular weight excluding hydrogens is 241 g/mol. The first-order valence-corrected chi connectivity index (χ1v) is 7.08. The van der Waals surface area contributed by atoms with Crippen molar-refractivity contribution in [2.75, 3.05) is 5.32 Å². The predicted octanol–water partition coefficient (Wildman–Crippen LogP) is 3.33. The summed E-state index contributed by atoms with van der Waals surface area (Å²) in [5.74, 6) is 0.410. The van der Waals surface area contributed by atoms with Crippen molar-refractivity contribution < 1.29 is 4.39 Å². The van der Waals surface area contributed by atoms with E-state index in [0.29, 0.717) is 17.9 Å². The van der Waals surface area contributed by atoms with Crippen LogP contribution in [0.5, 0.6) is 0 Å². The Morgan fingerprint density at radius 3 is 2.37 bits per heavy atom. The summed E-state index contributed by atoms with van der Waals surface area (Å²) in [6, 6.07) is 3.83. The van der Waals surface area contributed by atoms with Gasteiger partial charge in [0.25, 0.3) is 0 Å². The smallest absolute Gasteiger partial charge is 0.129 e. The van der Waals surface area contributed by atoms with Crippen LogP contribution >= 0.6 is 0 Å². The first-order valence-electron chi connectivity index (χ1n) is 7.08. The third kappa shape index (κ3) is 4.78. The number of aromatic nitrogens is 1. The van der Waals surface area contributed by atoms with Crippen LogP contribution in [0, 0.1) is 5.82 Å². The zero-order valence-electron chi connectivity index (χ0n) is 12.0. The standard InChI is InChI=1S/C15H24FN3/c1-15(2,3)19-13-6-4-12(5-7-13)18-14-10-11(16)8-9-17-14/h8-10,12-13,19H,4-7H2,1-3H3,(H,17,18).